The van der Waals surface area contributed by atoms with Crippen LogP contribution in [0.15, 0.2) is 28.7 Å². The summed E-state index contributed by atoms with van der Waals surface area (Å²) in [5.41, 5.74) is 1.06. The van der Waals surface area contributed by atoms with Crippen molar-refractivity contribution in [3.8, 4) is 0 Å². The second kappa shape index (κ2) is 11.2. The standard InChI is InChI=1S/C17H28BrNO/c1-2-3-4-5-6-7-8-11-15(14-20)19-17-13-10-9-12-16(17)18/h9-10,12-13,15,19-20H,2-8,11,14H2,1H3. The number of unbranched alkanes of at least 4 members (excludes halogenated alkanes) is 6. The van der Waals surface area contributed by atoms with E-state index in [9.17, 15) is 5.11 Å². The van der Waals surface area contributed by atoms with E-state index in [0.717, 1.165) is 16.6 Å². The van der Waals surface area contributed by atoms with Gasteiger partial charge in [0, 0.05) is 16.2 Å². The van der Waals surface area contributed by atoms with Gasteiger partial charge in [-0.05, 0) is 34.5 Å². The highest BCUT2D eigenvalue weighted by atomic mass is 79.9. The van der Waals surface area contributed by atoms with Crippen LogP contribution < -0.4 is 5.32 Å². The summed E-state index contributed by atoms with van der Waals surface area (Å²) in [4.78, 5) is 0. The Morgan fingerprint density at radius 1 is 1.05 bits per heavy atom. The number of aliphatic hydroxyl groups is 1. The summed E-state index contributed by atoms with van der Waals surface area (Å²) in [6.45, 7) is 2.44. The van der Waals surface area contributed by atoms with E-state index in [1.807, 2.05) is 24.3 Å². The van der Waals surface area contributed by atoms with Gasteiger partial charge in [-0.15, -0.1) is 0 Å². The van der Waals surface area contributed by atoms with Crippen LogP contribution in [0.5, 0.6) is 0 Å². The van der Waals surface area contributed by atoms with E-state index in [4.69, 9.17) is 0 Å². The van der Waals surface area contributed by atoms with Crippen molar-refractivity contribution >= 4 is 21.6 Å². The predicted octanol–water partition coefficient (Wildman–Crippen LogP) is 5.36. The van der Waals surface area contributed by atoms with Crippen molar-refractivity contribution in [1.82, 2.24) is 0 Å². The lowest BCUT2D eigenvalue weighted by atomic mass is 10.1. The molecule has 0 aromatic heterocycles. The summed E-state index contributed by atoms with van der Waals surface area (Å²) < 4.78 is 1.05. The zero-order valence-corrected chi connectivity index (χ0v) is 14.2. The fraction of sp³-hybridized carbons (Fsp3) is 0.647. The lowest BCUT2D eigenvalue weighted by Crippen LogP contribution is -2.23. The van der Waals surface area contributed by atoms with Gasteiger partial charge in [-0.2, -0.15) is 0 Å². The molecule has 0 amide bonds. The molecule has 0 bridgehead atoms. The number of benzene rings is 1. The minimum absolute atomic E-state index is 0.157. The molecule has 0 saturated heterocycles. The second-order valence-corrected chi connectivity index (χ2v) is 6.27. The molecule has 1 atom stereocenters. The van der Waals surface area contributed by atoms with E-state index >= 15 is 0 Å². The van der Waals surface area contributed by atoms with E-state index in [0.29, 0.717) is 0 Å². The second-order valence-electron chi connectivity index (χ2n) is 5.41. The normalized spacial score (nSPS) is 12.3. The lowest BCUT2D eigenvalue weighted by molar-refractivity contribution is 0.266. The monoisotopic (exact) mass is 341 g/mol. The summed E-state index contributed by atoms with van der Waals surface area (Å²) in [5, 5.41) is 12.9. The van der Waals surface area contributed by atoms with Gasteiger partial charge in [-0.25, -0.2) is 0 Å². The topological polar surface area (TPSA) is 32.3 Å². The fourth-order valence-corrected chi connectivity index (χ4v) is 2.75. The molecule has 2 nitrogen and oxygen atoms in total. The molecule has 1 rings (SSSR count). The highest BCUT2D eigenvalue weighted by molar-refractivity contribution is 9.10. The smallest absolute Gasteiger partial charge is 0.0632 e. The van der Waals surface area contributed by atoms with Crippen LogP contribution >= 0.6 is 15.9 Å². The Balaban J connectivity index is 2.18. The lowest BCUT2D eigenvalue weighted by Gasteiger charge is -2.18. The van der Waals surface area contributed by atoms with Gasteiger partial charge in [-0.1, -0.05) is 64.0 Å². The molecule has 0 saturated carbocycles. The molecule has 114 valence electrons. The maximum atomic E-state index is 9.47. The first-order valence-corrected chi connectivity index (χ1v) is 8.69. The largest absolute Gasteiger partial charge is 0.394 e. The number of para-hydroxylation sites is 1. The summed E-state index contributed by atoms with van der Waals surface area (Å²) in [7, 11) is 0. The average Bonchev–Trinajstić information content (AvgIpc) is 2.47. The van der Waals surface area contributed by atoms with Gasteiger partial charge in [0.15, 0.2) is 0 Å². The number of anilines is 1. The van der Waals surface area contributed by atoms with E-state index < -0.39 is 0 Å². The van der Waals surface area contributed by atoms with Gasteiger partial charge in [-0.3, -0.25) is 0 Å². The van der Waals surface area contributed by atoms with Crippen LogP contribution in [0.4, 0.5) is 5.69 Å². The zero-order valence-electron chi connectivity index (χ0n) is 12.6. The predicted molar refractivity (Wildman–Crippen MR) is 91.2 cm³/mol. The Morgan fingerprint density at radius 2 is 1.70 bits per heavy atom. The number of aliphatic hydroxyl groups excluding tert-OH is 1. The van der Waals surface area contributed by atoms with Gasteiger partial charge >= 0.3 is 0 Å². The first-order chi connectivity index (χ1) is 9.77. The molecule has 1 aromatic rings. The van der Waals surface area contributed by atoms with Crippen molar-refractivity contribution in [2.24, 2.45) is 0 Å². The molecule has 0 heterocycles. The molecule has 1 unspecified atom stereocenters. The van der Waals surface area contributed by atoms with Crippen LogP contribution in [-0.2, 0) is 0 Å². The van der Waals surface area contributed by atoms with Crippen LogP contribution in [0, 0.1) is 0 Å². The maximum absolute atomic E-state index is 9.47. The van der Waals surface area contributed by atoms with E-state index in [1.54, 1.807) is 0 Å². The van der Waals surface area contributed by atoms with Gasteiger partial charge in [0.1, 0.15) is 0 Å². The third-order valence-electron chi connectivity index (χ3n) is 3.61. The molecular formula is C17H28BrNO. The molecule has 1 aromatic carbocycles. The molecule has 2 N–H and O–H groups in total. The Kier molecular flexibility index (Phi) is 9.77. The number of halogens is 1. The SMILES string of the molecule is CCCCCCCCCC(CO)Nc1ccccc1Br. The van der Waals surface area contributed by atoms with Crippen molar-refractivity contribution < 1.29 is 5.11 Å². The molecule has 0 fully saturated rings. The average molecular weight is 342 g/mol. The first kappa shape index (κ1) is 17.5. The summed E-state index contributed by atoms with van der Waals surface area (Å²) in [6.07, 6.45) is 10.2. The molecule has 0 radical (unpaired) electrons. The molecule has 20 heavy (non-hydrogen) atoms. The summed E-state index contributed by atoms with van der Waals surface area (Å²) in [5.74, 6) is 0. The maximum Gasteiger partial charge on any atom is 0.0632 e. The van der Waals surface area contributed by atoms with Gasteiger partial charge in [0.2, 0.25) is 0 Å². The van der Waals surface area contributed by atoms with E-state index in [2.05, 4.69) is 28.2 Å². The third kappa shape index (κ3) is 7.30. The highest BCUT2D eigenvalue weighted by Crippen LogP contribution is 2.23. The van der Waals surface area contributed by atoms with Crippen LogP contribution in [0.25, 0.3) is 0 Å². The molecular weight excluding hydrogens is 314 g/mol. The Labute approximate surface area is 132 Å². The number of hydrogen-bond acceptors (Lipinski definition) is 2. The number of hydrogen-bond donors (Lipinski definition) is 2. The summed E-state index contributed by atoms with van der Waals surface area (Å²) in [6, 6.07) is 8.22. The van der Waals surface area contributed by atoms with E-state index in [-0.39, 0.29) is 12.6 Å². The molecule has 0 aliphatic heterocycles. The van der Waals surface area contributed by atoms with Crippen LogP contribution in [0.2, 0.25) is 0 Å². The van der Waals surface area contributed by atoms with Gasteiger partial charge < -0.3 is 10.4 Å². The number of nitrogens with one attached hydrogen (secondary N) is 1. The Hall–Kier alpha value is -0.540. The quantitative estimate of drug-likeness (QED) is 0.531. The van der Waals surface area contributed by atoms with Crippen molar-refractivity contribution in [2.75, 3.05) is 11.9 Å². The molecule has 0 spiro atoms. The van der Waals surface area contributed by atoms with Crippen LogP contribution in [0.1, 0.15) is 58.3 Å². The van der Waals surface area contributed by atoms with Crippen molar-refractivity contribution in [3.63, 3.8) is 0 Å². The van der Waals surface area contributed by atoms with Crippen LogP contribution in [-0.4, -0.2) is 17.8 Å². The van der Waals surface area contributed by atoms with Crippen molar-refractivity contribution in [3.05, 3.63) is 28.7 Å². The van der Waals surface area contributed by atoms with Crippen LogP contribution in [0.3, 0.4) is 0 Å². The zero-order chi connectivity index (χ0) is 14.6. The minimum atomic E-state index is 0.157. The molecule has 0 aliphatic rings. The third-order valence-corrected chi connectivity index (χ3v) is 4.30. The Bertz CT molecular complexity index is 357. The molecule has 0 aliphatic carbocycles. The first-order valence-electron chi connectivity index (χ1n) is 7.89. The minimum Gasteiger partial charge on any atom is -0.394 e. The highest BCUT2D eigenvalue weighted by Gasteiger charge is 2.08. The fourth-order valence-electron chi connectivity index (χ4n) is 2.36. The Morgan fingerprint density at radius 3 is 2.35 bits per heavy atom. The van der Waals surface area contributed by atoms with Gasteiger partial charge in [0.25, 0.3) is 0 Å². The van der Waals surface area contributed by atoms with E-state index in [1.165, 1.54) is 44.9 Å². The van der Waals surface area contributed by atoms with Gasteiger partial charge in [0.05, 0.1) is 6.61 Å². The molecule has 3 heteroatoms. The van der Waals surface area contributed by atoms with Crippen molar-refractivity contribution in [1.29, 1.82) is 0 Å². The number of rotatable bonds is 11. The van der Waals surface area contributed by atoms with Crippen molar-refractivity contribution in [2.45, 2.75) is 64.3 Å². The summed E-state index contributed by atoms with van der Waals surface area (Å²) >= 11 is 3.53.